The van der Waals surface area contributed by atoms with Crippen LogP contribution >= 0.6 is 35.4 Å². The van der Waals surface area contributed by atoms with Gasteiger partial charge in [0.1, 0.15) is 5.75 Å². The Balaban J connectivity index is 1.60. The summed E-state index contributed by atoms with van der Waals surface area (Å²) in [7, 11) is 1.60. The monoisotopic (exact) mass is 443 g/mol. The number of thiocarbonyl (C=S) groups is 1. The average molecular weight is 444 g/mol. The molecule has 2 aromatic carbocycles. The first-order valence-electron chi connectivity index (χ1n) is 8.54. The maximum absolute atomic E-state index is 6.04. The molecule has 0 bridgehead atoms. The van der Waals surface area contributed by atoms with Gasteiger partial charge in [0.05, 0.1) is 30.7 Å². The van der Waals surface area contributed by atoms with Gasteiger partial charge in [0.2, 0.25) is 0 Å². The van der Waals surface area contributed by atoms with E-state index in [1.165, 1.54) is 0 Å². The lowest BCUT2D eigenvalue weighted by molar-refractivity contribution is 0.417. The van der Waals surface area contributed by atoms with E-state index < -0.39 is 0 Å². The third kappa shape index (κ3) is 4.42. The zero-order valence-corrected chi connectivity index (χ0v) is 17.5. The maximum atomic E-state index is 6.04. The Hall–Kier alpha value is -2.87. The molecule has 2 heterocycles. The summed E-state index contributed by atoms with van der Waals surface area (Å²) in [6, 6.07) is 12.9. The smallest absolute Gasteiger partial charge is 0.175 e. The number of hydrogen-bond donors (Lipinski definition) is 3. The molecular weight excluding hydrogens is 429 g/mol. The molecule has 0 fully saturated rings. The van der Waals surface area contributed by atoms with Gasteiger partial charge in [-0.05, 0) is 54.7 Å². The van der Waals surface area contributed by atoms with Crippen LogP contribution in [0.5, 0.6) is 5.75 Å². The Bertz CT molecular complexity index is 1160. The van der Waals surface area contributed by atoms with Gasteiger partial charge < -0.3 is 20.4 Å². The zero-order chi connectivity index (χ0) is 20.4. The van der Waals surface area contributed by atoms with Crippen molar-refractivity contribution in [2.45, 2.75) is 0 Å². The number of aromatic amines is 1. The minimum absolute atomic E-state index is 0.379. The van der Waals surface area contributed by atoms with Crippen LogP contribution in [0.25, 0.3) is 22.2 Å². The average Bonchev–Trinajstić information content (AvgIpc) is 3.11. The molecule has 0 unspecified atom stereocenters. The highest BCUT2D eigenvalue weighted by molar-refractivity contribution is 7.80. The first-order valence-corrected chi connectivity index (χ1v) is 9.70. The number of nitrogens with zero attached hydrogens (tertiary/aromatic N) is 2. The van der Waals surface area contributed by atoms with Crippen LogP contribution in [0.4, 0.5) is 11.4 Å². The van der Waals surface area contributed by atoms with Gasteiger partial charge in [-0.3, -0.25) is 0 Å². The van der Waals surface area contributed by atoms with Crippen LogP contribution in [0.1, 0.15) is 0 Å². The third-order valence-electron chi connectivity index (χ3n) is 4.21. The highest BCUT2D eigenvalue weighted by atomic mass is 35.5. The fourth-order valence-corrected chi connectivity index (χ4v) is 3.68. The molecule has 0 spiro atoms. The van der Waals surface area contributed by atoms with Crippen molar-refractivity contribution in [3.05, 3.63) is 64.9 Å². The molecule has 4 rings (SSSR count). The number of hydrogen-bond acceptors (Lipinski definition) is 4. The van der Waals surface area contributed by atoms with Crippen molar-refractivity contribution in [1.29, 1.82) is 0 Å². The molecule has 0 amide bonds. The topological polar surface area (TPSA) is 74.9 Å². The summed E-state index contributed by atoms with van der Waals surface area (Å²) in [5.41, 5.74) is 4.20. The van der Waals surface area contributed by atoms with Crippen molar-refractivity contribution in [2.75, 3.05) is 17.7 Å². The summed E-state index contributed by atoms with van der Waals surface area (Å²) in [6.45, 7) is 0. The molecule has 9 heteroatoms. The fraction of sp³-hybridized carbons (Fsp3) is 0.0500. The van der Waals surface area contributed by atoms with Gasteiger partial charge in [0, 0.05) is 32.4 Å². The molecule has 0 radical (unpaired) electrons. The minimum Gasteiger partial charge on any atom is -0.495 e. The molecule has 2 aromatic heterocycles. The quantitative estimate of drug-likeness (QED) is 0.348. The fourth-order valence-electron chi connectivity index (χ4n) is 2.93. The molecule has 6 nitrogen and oxygen atoms in total. The van der Waals surface area contributed by atoms with Crippen LogP contribution in [-0.2, 0) is 0 Å². The first-order chi connectivity index (χ1) is 14.0. The number of benzene rings is 2. The largest absolute Gasteiger partial charge is 0.495 e. The Morgan fingerprint density at radius 1 is 1.00 bits per heavy atom. The molecule has 0 aliphatic carbocycles. The lowest BCUT2D eigenvalue weighted by atomic mass is 10.1. The van der Waals surface area contributed by atoms with Crippen LogP contribution < -0.4 is 15.4 Å². The lowest BCUT2D eigenvalue weighted by Crippen LogP contribution is -2.19. The van der Waals surface area contributed by atoms with Crippen molar-refractivity contribution < 1.29 is 4.74 Å². The minimum atomic E-state index is 0.379. The van der Waals surface area contributed by atoms with Crippen molar-refractivity contribution in [3.63, 3.8) is 0 Å². The van der Waals surface area contributed by atoms with Crippen LogP contribution in [0.15, 0.2) is 54.9 Å². The number of ether oxygens (including phenoxy) is 1. The second-order valence-electron chi connectivity index (χ2n) is 6.19. The Morgan fingerprint density at radius 3 is 2.48 bits per heavy atom. The summed E-state index contributed by atoms with van der Waals surface area (Å²) in [6.07, 6.45) is 3.41. The van der Waals surface area contributed by atoms with E-state index in [9.17, 15) is 0 Å². The normalized spacial score (nSPS) is 10.7. The van der Waals surface area contributed by atoms with E-state index in [1.54, 1.807) is 37.7 Å². The van der Waals surface area contributed by atoms with E-state index in [4.69, 9.17) is 40.2 Å². The van der Waals surface area contributed by atoms with E-state index >= 15 is 0 Å². The second kappa shape index (κ2) is 8.24. The Labute approximate surface area is 182 Å². The number of fused-ring (bicyclic) bond motifs is 1. The maximum Gasteiger partial charge on any atom is 0.175 e. The van der Waals surface area contributed by atoms with Crippen LogP contribution in [0, 0.1) is 0 Å². The van der Waals surface area contributed by atoms with E-state index in [0.717, 1.165) is 22.2 Å². The summed E-state index contributed by atoms with van der Waals surface area (Å²) in [5.74, 6) is 0.654. The van der Waals surface area contributed by atoms with Gasteiger partial charge in [-0.25, -0.2) is 0 Å². The van der Waals surface area contributed by atoms with Crippen molar-refractivity contribution >= 4 is 62.8 Å². The van der Waals surface area contributed by atoms with E-state index in [-0.39, 0.29) is 0 Å². The number of anilines is 2. The van der Waals surface area contributed by atoms with Crippen LogP contribution in [-0.4, -0.2) is 27.4 Å². The van der Waals surface area contributed by atoms with Crippen LogP contribution in [0.2, 0.25) is 10.0 Å². The highest BCUT2D eigenvalue weighted by Gasteiger charge is 2.10. The van der Waals surface area contributed by atoms with Crippen molar-refractivity contribution in [1.82, 2.24) is 15.2 Å². The molecule has 146 valence electrons. The number of rotatable bonds is 4. The predicted octanol–water partition coefficient (Wildman–Crippen LogP) is 5.75. The highest BCUT2D eigenvalue weighted by Crippen LogP contribution is 2.32. The number of methoxy groups -OCH3 is 1. The summed E-state index contributed by atoms with van der Waals surface area (Å²) >= 11 is 17.5. The molecule has 0 saturated carbocycles. The van der Waals surface area contributed by atoms with Gasteiger partial charge >= 0.3 is 0 Å². The molecule has 0 atom stereocenters. The Kier molecular flexibility index (Phi) is 5.53. The molecule has 29 heavy (non-hydrogen) atoms. The zero-order valence-electron chi connectivity index (χ0n) is 15.2. The van der Waals surface area contributed by atoms with Gasteiger partial charge in [0.15, 0.2) is 5.11 Å². The molecule has 3 N–H and O–H groups in total. The van der Waals surface area contributed by atoms with E-state index in [2.05, 4.69) is 25.8 Å². The van der Waals surface area contributed by atoms with Gasteiger partial charge in [-0.2, -0.15) is 10.2 Å². The third-order valence-corrected chi connectivity index (χ3v) is 4.85. The number of halogens is 2. The number of aromatic nitrogens is 3. The SMILES string of the molecule is COc1ccc(-c2cc3cnncc3[nH]2)cc1NC(=S)Nc1cc(Cl)cc(Cl)c1. The van der Waals surface area contributed by atoms with E-state index in [0.29, 0.717) is 32.3 Å². The molecular formula is C20H15Cl2N5OS. The van der Waals surface area contributed by atoms with Crippen molar-refractivity contribution in [3.8, 4) is 17.0 Å². The number of nitrogens with one attached hydrogen (secondary N) is 3. The molecule has 4 aromatic rings. The molecule has 0 saturated heterocycles. The predicted molar refractivity (Wildman–Crippen MR) is 122 cm³/mol. The van der Waals surface area contributed by atoms with Crippen molar-refractivity contribution in [2.24, 2.45) is 0 Å². The molecule has 0 aliphatic heterocycles. The molecule has 0 aliphatic rings. The van der Waals surface area contributed by atoms with E-state index in [1.807, 2.05) is 24.3 Å². The van der Waals surface area contributed by atoms with Gasteiger partial charge in [-0.1, -0.05) is 23.2 Å². The summed E-state index contributed by atoms with van der Waals surface area (Å²) < 4.78 is 5.46. The van der Waals surface area contributed by atoms with Crippen LogP contribution in [0.3, 0.4) is 0 Å². The van der Waals surface area contributed by atoms with Gasteiger partial charge in [-0.15, -0.1) is 0 Å². The first kappa shape index (κ1) is 19.4. The van der Waals surface area contributed by atoms with Gasteiger partial charge in [0.25, 0.3) is 0 Å². The lowest BCUT2D eigenvalue weighted by Gasteiger charge is -2.15. The standard InChI is InChI=1S/C20H15Cl2N5OS/c1-28-19-3-2-11(16-5-12-9-23-24-10-18(12)26-16)4-17(19)27-20(29)25-15-7-13(21)6-14(22)8-15/h2-10,26H,1H3,(H2,25,27,29). The number of H-pyrrole nitrogens is 1. The summed E-state index contributed by atoms with van der Waals surface area (Å²) in [5, 5.41) is 16.4. The Morgan fingerprint density at radius 2 is 1.76 bits per heavy atom. The summed E-state index contributed by atoms with van der Waals surface area (Å²) in [4.78, 5) is 3.33. The second-order valence-corrected chi connectivity index (χ2v) is 7.47.